The number of methoxy groups -OCH3 is 1. The number of carbonyl (C=O) groups excluding carboxylic acids is 2. The number of hydrogen-bond acceptors (Lipinski definition) is 8. The van der Waals surface area contributed by atoms with Gasteiger partial charge in [-0.1, -0.05) is 5.21 Å². The number of rotatable bonds is 7. The van der Waals surface area contributed by atoms with Crippen molar-refractivity contribution >= 4 is 11.9 Å². The van der Waals surface area contributed by atoms with Gasteiger partial charge in [-0.25, -0.2) is 4.79 Å². The first-order valence-corrected chi connectivity index (χ1v) is 7.74. The van der Waals surface area contributed by atoms with Crippen LogP contribution < -0.4 is 0 Å². The van der Waals surface area contributed by atoms with Gasteiger partial charge < -0.3 is 13.9 Å². The van der Waals surface area contributed by atoms with Crippen LogP contribution in [0.2, 0.25) is 0 Å². The second kappa shape index (κ2) is 6.81. The van der Waals surface area contributed by atoms with Gasteiger partial charge in [0.1, 0.15) is 6.26 Å². The van der Waals surface area contributed by atoms with Crippen molar-refractivity contribution in [1.29, 1.82) is 0 Å². The summed E-state index contributed by atoms with van der Waals surface area (Å²) in [4.78, 5) is 27.5. The molecule has 128 valence electrons. The molecule has 1 saturated carbocycles. The number of ether oxygens (including phenoxy) is 2. The second-order valence-corrected chi connectivity index (χ2v) is 5.56. The molecule has 1 unspecified atom stereocenters. The van der Waals surface area contributed by atoms with Crippen LogP contribution in [0.4, 0.5) is 0 Å². The maximum atomic E-state index is 11.9. The van der Waals surface area contributed by atoms with Crippen molar-refractivity contribution in [3.63, 3.8) is 0 Å². The van der Waals surface area contributed by atoms with Gasteiger partial charge in [0.15, 0.2) is 5.69 Å². The van der Waals surface area contributed by atoms with Gasteiger partial charge in [-0.3, -0.25) is 4.79 Å². The molecule has 9 heteroatoms. The highest BCUT2D eigenvalue weighted by Crippen LogP contribution is 2.38. The highest BCUT2D eigenvalue weighted by atomic mass is 16.5. The Morgan fingerprint density at radius 1 is 1.46 bits per heavy atom. The van der Waals surface area contributed by atoms with Crippen LogP contribution in [0.25, 0.3) is 6.01 Å². The van der Waals surface area contributed by atoms with E-state index in [-0.39, 0.29) is 30.2 Å². The molecule has 0 bridgehead atoms. The van der Waals surface area contributed by atoms with E-state index in [4.69, 9.17) is 13.9 Å². The number of carbonyl (C=O) groups is 2. The van der Waals surface area contributed by atoms with Crippen LogP contribution >= 0.6 is 0 Å². The van der Waals surface area contributed by atoms with Crippen LogP contribution in [0, 0.1) is 11.8 Å². The van der Waals surface area contributed by atoms with Gasteiger partial charge in [-0.2, -0.15) is 9.67 Å². The predicted octanol–water partition coefficient (Wildman–Crippen LogP) is 1.17. The molecule has 2 heterocycles. The van der Waals surface area contributed by atoms with E-state index in [2.05, 4.69) is 15.3 Å². The zero-order chi connectivity index (χ0) is 17.1. The summed E-state index contributed by atoms with van der Waals surface area (Å²) < 4.78 is 16.2. The lowest BCUT2D eigenvalue weighted by Gasteiger charge is -2.11. The predicted molar refractivity (Wildman–Crippen MR) is 79.3 cm³/mol. The largest absolute Gasteiger partial charge is 0.469 e. The molecule has 1 atom stereocenters. The molecule has 0 radical (unpaired) electrons. The lowest BCUT2D eigenvalue weighted by Crippen LogP contribution is -2.20. The Morgan fingerprint density at radius 2 is 2.25 bits per heavy atom. The Bertz CT molecular complexity index is 734. The Labute approximate surface area is 137 Å². The highest BCUT2D eigenvalue weighted by Gasteiger charge is 2.37. The maximum Gasteiger partial charge on any atom is 0.360 e. The normalized spacial score (nSPS) is 15.1. The molecule has 0 saturated heterocycles. The summed E-state index contributed by atoms with van der Waals surface area (Å²) in [6.45, 7) is 1.96. The average molecular weight is 334 g/mol. The summed E-state index contributed by atoms with van der Waals surface area (Å²) in [6.07, 6.45) is 5.32. The van der Waals surface area contributed by atoms with Gasteiger partial charge in [-0.15, -0.1) is 5.10 Å². The smallest absolute Gasteiger partial charge is 0.360 e. The molecule has 3 rings (SSSR count). The first-order valence-electron chi connectivity index (χ1n) is 7.74. The molecule has 24 heavy (non-hydrogen) atoms. The standard InChI is InChI=1S/C15H18N4O5/c1-3-23-14(21)12-8-24-15(16-12)19-7-10(17-18-19)6-11(9-4-5-9)13(20)22-2/h7-9,11H,3-6H2,1-2H3. The topological polar surface area (TPSA) is 109 Å². The fourth-order valence-electron chi connectivity index (χ4n) is 2.47. The van der Waals surface area contributed by atoms with Gasteiger partial charge >= 0.3 is 18.0 Å². The van der Waals surface area contributed by atoms with Crippen LogP contribution in [0.15, 0.2) is 16.9 Å². The average Bonchev–Trinajstić information content (AvgIpc) is 3.11. The lowest BCUT2D eigenvalue weighted by molar-refractivity contribution is -0.146. The third-order valence-corrected chi connectivity index (χ3v) is 3.84. The molecule has 1 aliphatic rings. The van der Waals surface area contributed by atoms with Crippen LogP contribution in [0.1, 0.15) is 35.9 Å². The molecule has 1 fully saturated rings. The SMILES string of the molecule is CCOC(=O)c1coc(-n2cc(CC(C(=O)OC)C3CC3)nn2)n1. The molecular weight excluding hydrogens is 316 g/mol. The van der Waals surface area contributed by atoms with Crippen molar-refractivity contribution < 1.29 is 23.5 Å². The molecule has 1 aliphatic carbocycles. The minimum Gasteiger partial charge on any atom is -0.469 e. The third kappa shape index (κ3) is 3.44. The van der Waals surface area contributed by atoms with Crippen LogP contribution in [0.3, 0.4) is 0 Å². The summed E-state index contributed by atoms with van der Waals surface area (Å²) in [5, 5.41) is 7.97. The summed E-state index contributed by atoms with van der Waals surface area (Å²) in [6, 6.07) is 0.109. The quantitative estimate of drug-likeness (QED) is 0.694. The number of hydrogen-bond donors (Lipinski definition) is 0. The molecule has 0 N–H and O–H groups in total. The minimum atomic E-state index is -0.563. The second-order valence-electron chi connectivity index (χ2n) is 5.56. The van der Waals surface area contributed by atoms with Crippen molar-refractivity contribution in [3.8, 4) is 6.01 Å². The van der Waals surface area contributed by atoms with Crippen molar-refractivity contribution in [2.24, 2.45) is 11.8 Å². The van der Waals surface area contributed by atoms with Gasteiger partial charge in [0.25, 0.3) is 0 Å². The van der Waals surface area contributed by atoms with Crippen molar-refractivity contribution in [1.82, 2.24) is 20.0 Å². The highest BCUT2D eigenvalue weighted by molar-refractivity contribution is 5.86. The molecule has 2 aromatic rings. The van der Waals surface area contributed by atoms with E-state index in [1.165, 1.54) is 18.1 Å². The molecule has 0 amide bonds. The lowest BCUT2D eigenvalue weighted by atomic mass is 9.98. The van der Waals surface area contributed by atoms with Crippen molar-refractivity contribution in [3.05, 3.63) is 23.8 Å². The molecule has 2 aromatic heterocycles. The zero-order valence-electron chi connectivity index (χ0n) is 13.5. The van der Waals surface area contributed by atoms with E-state index in [0.29, 0.717) is 18.0 Å². The first kappa shape index (κ1) is 16.2. The fraction of sp³-hybridized carbons (Fsp3) is 0.533. The van der Waals surface area contributed by atoms with E-state index >= 15 is 0 Å². The van der Waals surface area contributed by atoms with Crippen LogP contribution in [-0.4, -0.2) is 45.6 Å². The summed E-state index contributed by atoms with van der Waals surface area (Å²) in [7, 11) is 1.39. The van der Waals surface area contributed by atoms with Crippen molar-refractivity contribution in [2.75, 3.05) is 13.7 Å². The summed E-state index contributed by atoms with van der Waals surface area (Å²) in [5.41, 5.74) is 0.697. The van der Waals surface area contributed by atoms with Crippen molar-refractivity contribution in [2.45, 2.75) is 26.2 Å². The van der Waals surface area contributed by atoms with Crippen LogP contribution in [-0.2, 0) is 20.7 Å². The fourth-order valence-corrected chi connectivity index (χ4v) is 2.47. The Hall–Kier alpha value is -2.71. The third-order valence-electron chi connectivity index (χ3n) is 3.84. The van der Waals surface area contributed by atoms with Crippen LogP contribution in [0.5, 0.6) is 0 Å². The molecule has 0 aromatic carbocycles. The van der Waals surface area contributed by atoms with E-state index < -0.39 is 5.97 Å². The molecule has 9 nitrogen and oxygen atoms in total. The first-order chi connectivity index (χ1) is 11.6. The van der Waals surface area contributed by atoms with Gasteiger partial charge in [0.05, 0.1) is 31.5 Å². The molecule has 0 aliphatic heterocycles. The molecular formula is C15H18N4O5. The van der Waals surface area contributed by atoms with E-state index in [9.17, 15) is 9.59 Å². The maximum absolute atomic E-state index is 11.9. The summed E-state index contributed by atoms with van der Waals surface area (Å²) >= 11 is 0. The molecule has 0 spiro atoms. The zero-order valence-corrected chi connectivity index (χ0v) is 13.5. The number of esters is 2. The number of nitrogens with zero attached hydrogens (tertiary/aromatic N) is 4. The summed E-state index contributed by atoms with van der Waals surface area (Å²) in [5.74, 6) is -0.653. The van der Waals surface area contributed by atoms with Gasteiger partial charge in [0.2, 0.25) is 0 Å². The van der Waals surface area contributed by atoms with Gasteiger partial charge in [-0.05, 0) is 25.7 Å². The van der Waals surface area contributed by atoms with Gasteiger partial charge in [0, 0.05) is 6.42 Å². The Balaban J connectivity index is 1.71. The minimum absolute atomic E-state index is 0.0642. The van der Waals surface area contributed by atoms with E-state index in [1.54, 1.807) is 13.1 Å². The Morgan fingerprint density at radius 3 is 2.92 bits per heavy atom. The number of aromatic nitrogens is 4. The number of oxazole rings is 1. The monoisotopic (exact) mass is 334 g/mol. The Kier molecular flexibility index (Phi) is 4.59. The van der Waals surface area contributed by atoms with E-state index in [0.717, 1.165) is 12.8 Å². The van der Waals surface area contributed by atoms with E-state index in [1.807, 2.05) is 0 Å².